The lowest BCUT2D eigenvalue weighted by Crippen LogP contribution is -2.17. The summed E-state index contributed by atoms with van der Waals surface area (Å²) >= 11 is 8.62. The number of halogens is 1. The van der Waals surface area contributed by atoms with E-state index in [9.17, 15) is 9.59 Å². The molecule has 4 rings (SSSR count). The number of ether oxygens (including phenoxy) is 1. The second-order valence-corrected chi connectivity index (χ2v) is 8.27. The first kappa shape index (κ1) is 20.1. The molecule has 4 aromatic rings. The van der Waals surface area contributed by atoms with E-state index in [-0.39, 0.29) is 5.91 Å². The summed E-state index contributed by atoms with van der Waals surface area (Å²) in [5.41, 5.74) is 3.69. The third-order valence-electron chi connectivity index (χ3n) is 4.05. The molecule has 0 aliphatic rings. The molecule has 0 unspecified atom stereocenters. The zero-order valence-electron chi connectivity index (χ0n) is 15.5. The van der Waals surface area contributed by atoms with Crippen LogP contribution < -0.4 is 10.2 Å². The third kappa shape index (κ3) is 4.23. The second-order valence-electron chi connectivity index (χ2n) is 6.09. The Balaban J connectivity index is 1.39. The van der Waals surface area contributed by atoms with Gasteiger partial charge in [0, 0.05) is 10.1 Å². The molecular formula is C20H13ClN4O3S2. The Hall–Kier alpha value is -3.14. The Bertz CT molecular complexity index is 1260. The SMILES string of the molecule is Cc1nnsc1C(=O)N/N=C\c1ccc(OC(=O)c2sc3ccccc3c2Cl)cc1. The van der Waals surface area contributed by atoms with E-state index in [4.69, 9.17) is 16.3 Å². The van der Waals surface area contributed by atoms with Crippen LogP contribution in [0.5, 0.6) is 5.75 Å². The maximum Gasteiger partial charge on any atom is 0.355 e. The highest BCUT2D eigenvalue weighted by Crippen LogP contribution is 2.35. The van der Waals surface area contributed by atoms with Crippen molar-refractivity contribution in [3.8, 4) is 5.75 Å². The van der Waals surface area contributed by atoms with E-state index in [1.165, 1.54) is 17.6 Å². The van der Waals surface area contributed by atoms with E-state index in [1.807, 2.05) is 24.3 Å². The lowest BCUT2D eigenvalue weighted by atomic mass is 10.2. The van der Waals surface area contributed by atoms with Gasteiger partial charge in [-0.1, -0.05) is 34.3 Å². The van der Waals surface area contributed by atoms with E-state index < -0.39 is 5.97 Å². The molecule has 0 saturated carbocycles. The van der Waals surface area contributed by atoms with Crippen LogP contribution in [-0.2, 0) is 0 Å². The molecule has 1 N–H and O–H groups in total. The summed E-state index contributed by atoms with van der Waals surface area (Å²) in [5, 5.41) is 8.92. The van der Waals surface area contributed by atoms with Crippen LogP contribution >= 0.6 is 34.5 Å². The summed E-state index contributed by atoms with van der Waals surface area (Å²) < 4.78 is 10.1. The Morgan fingerprint density at radius 3 is 2.60 bits per heavy atom. The number of benzene rings is 2. The Kier molecular flexibility index (Phi) is 5.84. The molecule has 0 spiro atoms. The lowest BCUT2D eigenvalue weighted by molar-refractivity contribution is 0.0739. The van der Waals surface area contributed by atoms with Crippen LogP contribution in [0.4, 0.5) is 0 Å². The predicted molar refractivity (Wildman–Crippen MR) is 118 cm³/mol. The summed E-state index contributed by atoms with van der Waals surface area (Å²) in [6, 6.07) is 14.2. The molecule has 0 aliphatic heterocycles. The minimum Gasteiger partial charge on any atom is -0.422 e. The third-order valence-corrected chi connectivity index (χ3v) is 6.53. The summed E-state index contributed by atoms with van der Waals surface area (Å²) in [7, 11) is 0. The quantitative estimate of drug-likeness (QED) is 0.203. The number of amides is 1. The number of esters is 1. The van der Waals surface area contributed by atoms with E-state index in [1.54, 1.807) is 31.2 Å². The van der Waals surface area contributed by atoms with Crippen LogP contribution in [0.25, 0.3) is 10.1 Å². The predicted octanol–water partition coefficient (Wildman–Crippen LogP) is 4.70. The van der Waals surface area contributed by atoms with Crippen LogP contribution in [0, 0.1) is 6.92 Å². The number of carbonyl (C=O) groups excluding carboxylic acids is 2. The molecule has 150 valence electrons. The zero-order chi connectivity index (χ0) is 21.1. The average Bonchev–Trinajstić information content (AvgIpc) is 3.33. The van der Waals surface area contributed by atoms with E-state index in [0.717, 1.165) is 21.6 Å². The zero-order valence-corrected chi connectivity index (χ0v) is 17.8. The number of hydrazone groups is 1. The van der Waals surface area contributed by atoms with Gasteiger partial charge in [-0.15, -0.1) is 16.4 Å². The Labute approximate surface area is 184 Å². The van der Waals surface area contributed by atoms with Gasteiger partial charge in [0.1, 0.15) is 15.5 Å². The number of nitrogens with zero attached hydrogens (tertiary/aromatic N) is 3. The van der Waals surface area contributed by atoms with Gasteiger partial charge in [0.05, 0.1) is 16.9 Å². The number of fused-ring (bicyclic) bond motifs is 1. The van der Waals surface area contributed by atoms with Gasteiger partial charge in [-0.2, -0.15) is 5.10 Å². The van der Waals surface area contributed by atoms with Crippen molar-refractivity contribution in [1.82, 2.24) is 15.0 Å². The molecular weight excluding hydrogens is 444 g/mol. The van der Waals surface area contributed by atoms with Gasteiger partial charge in [0.25, 0.3) is 5.91 Å². The van der Waals surface area contributed by atoms with E-state index in [0.29, 0.717) is 31.8 Å². The Morgan fingerprint density at radius 1 is 1.13 bits per heavy atom. The molecule has 30 heavy (non-hydrogen) atoms. The van der Waals surface area contributed by atoms with Gasteiger partial charge in [-0.25, -0.2) is 10.2 Å². The molecule has 2 heterocycles. The molecule has 0 radical (unpaired) electrons. The molecule has 1 amide bonds. The monoisotopic (exact) mass is 456 g/mol. The highest BCUT2D eigenvalue weighted by molar-refractivity contribution is 7.21. The van der Waals surface area contributed by atoms with Crippen molar-refractivity contribution < 1.29 is 14.3 Å². The standard InChI is InChI=1S/C20H13ClN4O3S2/c1-11-17(30-25-23-11)19(26)24-22-10-12-6-8-13(9-7-12)28-20(27)18-16(21)14-4-2-3-5-15(14)29-18/h2-10H,1H3,(H,24,26)/b22-10-. The molecule has 2 aromatic carbocycles. The van der Waals surface area contributed by atoms with Crippen molar-refractivity contribution >= 4 is 62.6 Å². The number of hydrogen-bond acceptors (Lipinski definition) is 8. The van der Waals surface area contributed by atoms with Gasteiger partial charge in [0.15, 0.2) is 0 Å². The summed E-state index contributed by atoms with van der Waals surface area (Å²) in [4.78, 5) is 25.2. The van der Waals surface area contributed by atoms with Crippen LogP contribution in [0.1, 0.15) is 30.6 Å². The highest BCUT2D eigenvalue weighted by Gasteiger charge is 2.19. The molecule has 0 atom stereocenters. The van der Waals surface area contributed by atoms with Gasteiger partial charge < -0.3 is 4.74 Å². The van der Waals surface area contributed by atoms with Gasteiger partial charge >= 0.3 is 5.97 Å². The highest BCUT2D eigenvalue weighted by atomic mass is 35.5. The normalized spacial score (nSPS) is 11.1. The van der Waals surface area contributed by atoms with Crippen molar-refractivity contribution in [3.05, 3.63) is 74.6 Å². The van der Waals surface area contributed by atoms with Crippen molar-refractivity contribution in [1.29, 1.82) is 0 Å². The summed E-state index contributed by atoms with van der Waals surface area (Å²) in [6.45, 7) is 1.70. The van der Waals surface area contributed by atoms with Crippen molar-refractivity contribution in [2.45, 2.75) is 6.92 Å². The molecule has 10 heteroatoms. The van der Waals surface area contributed by atoms with E-state index in [2.05, 4.69) is 20.1 Å². The molecule has 0 fully saturated rings. The number of carbonyl (C=O) groups is 2. The lowest BCUT2D eigenvalue weighted by Gasteiger charge is -2.03. The van der Waals surface area contributed by atoms with Crippen molar-refractivity contribution in [2.24, 2.45) is 5.10 Å². The second kappa shape index (κ2) is 8.70. The molecule has 2 aromatic heterocycles. The topological polar surface area (TPSA) is 93.5 Å². The van der Waals surface area contributed by atoms with Gasteiger partial charge in [0.2, 0.25) is 0 Å². The first-order valence-electron chi connectivity index (χ1n) is 8.64. The fourth-order valence-electron chi connectivity index (χ4n) is 2.58. The summed E-state index contributed by atoms with van der Waals surface area (Å²) in [5.74, 6) is -0.506. The minimum absolute atomic E-state index is 0.360. The van der Waals surface area contributed by atoms with Crippen LogP contribution in [0.15, 0.2) is 53.6 Å². The number of hydrogen-bond donors (Lipinski definition) is 1. The Morgan fingerprint density at radius 2 is 1.90 bits per heavy atom. The van der Waals surface area contributed by atoms with Gasteiger partial charge in [-0.3, -0.25) is 4.79 Å². The largest absolute Gasteiger partial charge is 0.422 e. The maximum absolute atomic E-state index is 12.5. The summed E-state index contributed by atoms with van der Waals surface area (Å²) in [6.07, 6.45) is 1.48. The maximum atomic E-state index is 12.5. The first-order valence-corrected chi connectivity index (χ1v) is 10.6. The average molecular weight is 457 g/mol. The van der Waals surface area contributed by atoms with Crippen molar-refractivity contribution in [2.75, 3.05) is 0 Å². The number of aryl methyl sites for hydroxylation is 1. The number of aromatic nitrogens is 2. The molecule has 7 nitrogen and oxygen atoms in total. The molecule has 0 bridgehead atoms. The minimum atomic E-state index is -0.511. The fraction of sp³-hybridized carbons (Fsp3) is 0.0500. The van der Waals surface area contributed by atoms with Crippen molar-refractivity contribution in [3.63, 3.8) is 0 Å². The van der Waals surface area contributed by atoms with Gasteiger partial charge in [-0.05, 0) is 54.4 Å². The number of thiophene rings is 1. The molecule has 0 aliphatic carbocycles. The van der Waals surface area contributed by atoms with Crippen LogP contribution in [0.2, 0.25) is 5.02 Å². The molecule has 0 saturated heterocycles. The van der Waals surface area contributed by atoms with Crippen LogP contribution in [0.3, 0.4) is 0 Å². The number of rotatable bonds is 5. The van der Waals surface area contributed by atoms with E-state index >= 15 is 0 Å². The smallest absolute Gasteiger partial charge is 0.355 e. The fourth-order valence-corrected chi connectivity index (χ4v) is 4.51. The number of nitrogens with one attached hydrogen (secondary N) is 1. The first-order chi connectivity index (χ1) is 14.5. The van der Waals surface area contributed by atoms with Crippen LogP contribution in [-0.4, -0.2) is 27.7 Å².